The van der Waals surface area contributed by atoms with Crippen molar-refractivity contribution in [3.8, 4) is 0 Å². The monoisotopic (exact) mass is 277 g/mol. The fourth-order valence-electron chi connectivity index (χ4n) is 5.72. The Labute approximate surface area is 126 Å². The van der Waals surface area contributed by atoms with Crippen molar-refractivity contribution in [2.24, 2.45) is 28.6 Å². The molecule has 0 saturated heterocycles. The summed E-state index contributed by atoms with van der Waals surface area (Å²) >= 11 is 0. The Hall–Kier alpha value is -0.0400. The third kappa shape index (κ3) is 2.16. The fraction of sp³-hybridized carbons (Fsp3) is 1.00. The summed E-state index contributed by atoms with van der Waals surface area (Å²) < 4.78 is 0. The van der Waals surface area contributed by atoms with E-state index in [0.29, 0.717) is 10.8 Å². The van der Waals surface area contributed by atoms with E-state index in [1.807, 2.05) is 0 Å². The van der Waals surface area contributed by atoms with Gasteiger partial charge in [-0.25, -0.2) is 0 Å². The van der Waals surface area contributed by atoms with Crippen molar-refractivity contribution in [2.75, 3.05) is 0 Å². The zero-order valence-electron chi connectivity index (χ0n) is 14.3. The van der Waals surface area contributed by atoms with Crippen LogP contribution in [0.1, 0.15) is 79.6 Å². The maximum Gasteiger partial charge on any atom is 0.0131 e. The number of hydrogen-bond acceptors (Lipinski definition) is 1. The molecule has 0 aromatic heterocycles. The summed E-state index contributed by atoms with van der Waals surface area (Å²) in [5.74, 6) is 2.79. The van der Waals surface area contributed by atoms with Gasteiger partial charge < -0.3 is 5.32 Å². The van der Waals surface area contributed by atoms with Crippen LogP contribution in [0, 0.1) is 28.6 Å². The van der Waals surface area contributed by atoms with Crippen LogP contribution in [-0.2, 0) is 0 Å². The van der Waals surface area contributed by atoms with E-state index in [1.165, 1.54) is 44.9 Å². The maximum absolute atomic E-state index is 4.13. The van der Waals surface area contributed by atoms with Crippen molar-refractivity contribution >= 4 is 0 Å². The molecule has 2 bridgehead atoms. The third-order valence-electron chi connectivity index (χ3n) is 7.89. The van der Waals surface area contributed by atoms with Gasteiger partial charge in [0, 0.05) is 12.1 Å². The summed E-state index contributed by atoms with van der Waals surface area (Å²) in [6.45, 7) is 12.5. The number of hydrogen-bond donors (Lipinski definition) is 1. The summed E-state index contributed by atoms with van der Waals surface area (Å²) in [6.07, 6.45) is 10.1. The lowest BCUT2D eigenvalue weighted by Gasteiger charge is -2.43. The van der Waals surface area contributed by atoms with Crippen molar-refractivity contribution in [2.45, 2.75) is 91.6 Å². The van der Waals surface area contributed by atoms with Gasteiger partial charge >= 0.3 is 0 Å². The lowest BCUT2D eigenvalue weighted by molar-refractivity contribution is 0.105. The third-order valence-corrected chi connectivity index (χ3v) is 7.89. The van der Waals surface area contributed by atoms with Crippen LogP contribution in [0.25, 0.3) is 0 Å². The quantitative estimate of drug-likeness (QED) is 0.765. The molecule has 5 atom stereocenters. The van der Waals surface area contributed by atoms with Gasteiger partial charge in [-0.1, -0.05) is 47.5 Å². The van der Waals surface area contributed by atoms with Gasteiger partial charge in [-0.15, -0.1) is 0 Å². The second kappa shape index (κ2) is 5.00. The summed E-state index contributed by atoms with van der Waals surface area (Å²) in [5.41, 5.74) is 1.10. The molecule has 0 spiro atoms. The summed E-state index contributed by atoms with van der Waals surface area (Å²) in [6, 6.07) is 1.58. The van der Waals surface area contributed by atoms with Gasteiger partial charge in [0.1, 0.15) is 0 Å². The molecule has 3 fully saturated rings. The van der Waals surface area contributed by atoms with E-state index in [4.69, 9.17) is 0 Å². The minimum atomic E-state index is 0.544. The zero-order chi connectivity index (χ0) is 14.5. The zero-order valence-corrected chi connectivity index (χ0v) is 14.3. The highest BCUT2D eigenvalue weighted by Gasteiger charge is 2.61. The van der Waals surface area contributed by atoms with E-state index < -0.39 is 0 Å². The highest BCUT2D eigenvalue weighted by molar-refractivity contribution is 5.13. The summed E-state index contributed by atoms with van der Waals surface area (Å²) in [5, 5.41) is 4.13. The Morgan fingerprint density at radius 2 is 1.75 bits per heavy atom. The van der Waals surface area contributed by atoms with E-state index in [-0.39, 0.29) is 0 Å². The van der Waals surface area contributed by atoms with Crippen molar-refractivity contribution < 1.29 is 0 Å². The highest BCUT2D eigenvalue weighted by atomic mass is 15.0. The largest absolute Gasteiger partial charge is 0.311 e. The lowest BCUT2D eigenvalue weighted by Crippen LogP contribution is -2.49. The molecule has 1 N–H and O–H groups in total. The molecule has 3 rings (SSSR count). The topological polar surface area (TPSA) is 12.0 Å². The van der Waals surface area contributed by atoms with Gasteiger partial charge in [0.25, 0.3) is 0 Å². The highest BCUT2D eigenvalue weighted by Crippen LogP contribution is 2.65. The van der Waals surface area contributed by atoms with Crippen LogP contribution in [0.4, 0.5) is 0 Å². The van der Waals surface area contributed by atoms with Gasteiger partial charge in [0.2, 0.25) is 0 Å². The van der Waals surface area contributed by atoms with Crippen LogP contribution >= 0.6 is 0 Å². The van der Waals surface area contributed by atoms with Crippen molar-refractivity contribution in [3.05, 3.63) is 0 Å². The van der Waals surface area contributed by atoms with E-state index in [1.54, 1.807) is 0 Å². The van der Waals surface area contributed by atoms with Crippen molar-refractivity contribution in [1.29, 1.82) is 0 Å². The van der Waals surface area contributed by atoms with Gasteiger partial charge in [-0.3, -0.25) is 0 Å². The molecule has 116 valence electrons. The summed E-state index contributed by atoms with van der Waals surface area (Å²) in [7, 11) is 0. The molecule has 0 amide bonds. The maximum atomic E-state index is 4.13. The first kappa shape index (κ1) is 14.9. The molecule has 1 heteroatoms. The van der Waals surface area contributed by atoms with Crippen LogP contribution in [0.15, 0.2) is 0 Å². The Balaban J connectivity index is 1.65. The van der Waals surface area contributed by atoms with Crippen molar-refractivity contribution in [3.63, 3.8) is 0 Å². The van der Waals surface area contributed by atoms with Crippen LogP contribution in [0.2, 0.25) is 0 Å². The first-order valence-electron chi connectivity index (χ1n) is 9.10. The molecule has 20 heavy (non-hydrogen) atoms. The SMILES string of the molecule is CC(C)C1CCCC(NC2CC3CCC2(C)C3(C)C)C1. The second-order valence-electron chi connectivity index (χ2n) is 9.20. The molecule has 0 aliphatic heterocycles. The second-order valence-corrected chi connectivity index (χ2v) is 9.20. The molecule has 5 unspecified atom stereocenters. The molecule has 0 radical (unpaired) electrons. The molecule has 0 aromatic carbocycles. The Morgan fingerprint density at radius 1 is 1.00 bits per heavy atom. The smallest absolute Gasteiger partial charge is 0.0131 e. The van der Waals surface area contributed by atoms with Crippen LogP contribution < -0.4 is 5.32 Å². The van der Waals surface area contributed by atoms with E-state index >= 15 is 0 Å². The van der Waals surface area contributed by atoms with E-state index in [2.05, 4.69) is 39.9 Å². The van der Waals surface area contributed by atoms with Gasteiger partial charge in [-0.05, 0) is 60.7 Å². The average Bonchev–Trinajstić information content (AvgIpc) is 2.72. The predicted octanol–water partition coefficient (Wildman–Crippen LogP) is 5.01. The first-order valence-corrected chi connectivity index (χ1v) is 9.10. The number of rotatable bonds is 3. The summed E-state index contributed by atoms with van der Waals surface area (Å²) in [4.78, 5) is 0. The average molecular weight is 277 g/mol. The minimum absolute atomic E-state index is 0.544. The first-order chi connectivity index (χ1) is 9.34. The van der Waals surface area contributed by atoms with E-state index in [0.717, 1.165) is 29.8 Å². The molecule has 0 heterocycles. The van der Waals surface area contributed by atoms with Crippen LogP contribution in [0.5, 0.6) is 0 Å². The Morgan fingerprint density at radius 3 is 2.30 bits per heavy atom. The Bertz CT molecular complexity index is 359. The molecular weight excluding hydrogens is 242 g/mol. The van der Waals surface area contributed by atoms with Gasteiger partial charge in [0.15, 0.2) is 0 Å². The molecule has 3 aliphatic carbocycles. The fourth-order valence-corrected chi connectivity index (χ4v) is 5.72. The van der Waals surface area contributed by atoms with Gasteiger partial charge in [0.05, 0.1) is 0 Å². The number of fused-ring (bicyclic) bond motifs is 2. The normalized spacial score (nSPS) is 47.1. The van der Waals surface area contributed by atoms with E-state index in [9.17, 15) is 0 Å². The molecule has 1 nitrogen and oxygen atoms in total. The molecule has 0 aromatic rings. The van der Waals surface area contributed by atoms with Crippen LogP contribution in [0.3, 0.4) is 0 Å². The standard InChI is InChI=1S/C19H35N/c1-13(2)14-7-6-8-16(11-14)20-17-12-15-9-10-19(17,5)18(15,3)4/h13-17,20H,6-12H2,1-5H3. The molecular formula is C19H35N. The predicted molar refractivity (Wildman–Crippen MR) is 86.7 cm³/mol. The van der Waals surface area contributed by atoms with Gasteiger partial charge in [-0.2, -0.15) is 0 Å². The Kier molecular flexibility index (Phi) is 3.72. The number of nitrogens with one attached hydrogen (secondary N) is 1. The van der Waals surface area contributed by atoms with Crippen LogP contribution in [-0.4, -0.2) is 12.1 Å². The lowest BCUT2D eigenvalue weighted by atomic mass is 9.68. The minimum Gasteiger partial charge on any atom is -0.311 e. The molecule has 3 saturated carbocycles. The van der Waals surface area contributed by atoms with Crippen molar-refractivity contribution in [1.82, 2.24) is 5.32 Å². The molecule has 3 aliphatic rings.